The Kier molecular flexibility index (Phi) is 11.1. The van der Waals surface area contributed by atoms with Gasteiger partial charge < -0.3 is 14.9 Å². The van der Waals surface area contributed by atoms with Crippen LogP contribution < -0.4 is 0 Å². The normalized spacial score (nSPS) is 21.6. The minimum atomic E-state index is -5.08. The van der Waals surface area contributed by atoms with Crippen LogP contribution in [0.3, 0.4) is 0 Å². The molecule has 3 saturated heterocycles. The number of carboxylic acids is 2. The van der Waals surface area contributed by atoms with Crippen molar-refractivity contribution in [1.29, 1.82) is 0 Å². The summed E-state index contributed by atoms with van der Waals surface area (Å²) in [5.41, 5.74) is 1.26. The van der Waals surface area contributed by atoms with Crippen molar-refractivity contribution < 1.29 is 60.5 Å². The fraction of sp³-hybridized carbons (Fsp3) is 0.682. The van der Waals surface area contributed by atoms with Crippen molar-refractivity contribution in [2.75, 3.05) is 46.4 Å². The molecule has 39 heavy (non-hydrogen) atoms. The van der Waals surface area contributed by atoms with Gasteiger partial charge in [0.25, 0.3) is 5.91 Å². The molecule has 4 rings (SSSR count). The number of carbonyl (C=O) groups is 3. The second-order valence-corrected chi connectivity index (χ2v) is 10.2. The van der Waals surface area contributed by atoms with Gasteiger partial charge in [-0.1, -0.05) is 0 Å². The molecule has 1 amide bonds. The molecule has 3 aliphatic heterocycles. The lowest BCUT2D eigenvalue weighted by atomic mass is 9.90. The molecule has 1 aromatic heterocycles. The molecule has 1 unspecified atom stereocenters. The lowest BCUT2D eigenvalue weighted by molar-refractivity contribution is -0.224. The first-order valence-electron chi connectivity index (χ1n) is 11.6. The van der Waals surface area contributed by atoms with Crippen LogP contribution in [0.1, 0.15) is 23.3 Å². The smallest absolute Gasteiger partial charge is 0.475 e. The van der Waals surface area contributed by atoms with Crippen LogP contribution >= 0.6 is 11.3 Å². The molecular weight excluding hydrogens is 564 g/mol. The molecule has 3 aliphatic rings. The van der Waals surface area contributed by atoms with Crippen LogP contribution in [0.2, 0.25) is 0 Å². The van der Waals surface area contributed by atoms with Crippen molar-refractivity contribution in [1.82, 2.24) is 14.9 Å². The molecule has 0 aliphatic carbocycles. The summed E-state index contributed by atoms with van der Waals surface area (Å²) in [6.07, 6.45) is -8.12. The van der Waals surface area contributed by atoms with E-state index >= 15 is 0 Å². The van der Waals surface area contributed by atoms with Crippen molar-refractivity contribution in [3.8, 4) is 0 Å². The van der Waals surface area contributed by atoms with Gasteiger partial charge in [-0.25, -0.2) is 14.7 Å². The molecule has 1 spiro atoms. The molecule has 1 atom stereocenters. The van der Waals surface area contributed by atoms with E-state index in [-0.39, 0.29) is 17.6 Å². The first-order chi connectivity index (χ1) is 17.9. The number of carbonyl (C=O) groups excluding carboxylic acids is 1. The van der Waals surface area contributed by atoms with Crippen LogP contribution in [0.4, 0.5) is 26.3 Å². The Morgan fingerprint density at radius 1 is 1.05 bits per heavy atom. The van der Waals surface area contributed by atoms with Crippen LogP contribution in [-0.2, 0) is 30.5 Å². The number of ether oxygens (including phenoxy) is 1. The quantitative estimate of drug-likeness (QED) is 0.510. The van der Waals surface area contributed by atoms with Crippen molar-refractivity contribution in [2.24, 2.45) is 0 Å². The number of carboxylic acid groups (broad SMARTS) is 2. The number of morpholine rings is 1. The number of likely N-dealkylation sites (tertiary alicyclic amines) is 1. The Morgan fingerprint density at radius 3 is 2.03 bits per heavy atom. The second kappa shape index (κ2) is 13.3. The Labute approximate surface area is 223 Å². The fourth-order valence-corrected chi connectivity index (χ4v) is 4.98. The molecular formula is C22H29F6N3O7S. The molecule has 3 fully saturated rings. The number of rotatable bonds is 3. The first-order valence-corrected chi connectivity index (χ1v) is 12.5. The Hall–Kier alpha value is -2.47. The number of alkyl halides is 6. The largest absolute Gasteiger partial charge is 0.490 e. The van der Waals surface area contributed by atoms with Crippen LogP contribution in [0.15, 0.2) is 11.4 Å². The molecule has 222 valence electrons. The number of halogens is 6. The molecule has 0 radical (unpaired) electrons. The summed E-state index contributed by atoms with van der Waals surface area (Å²) in [6, 6.07) is 1.96. The minimum Gasteiger partial charge on any atom is -0.475 e. The highest BCUT2D eigenvalue weighted by Crippen LogP contribution is 2.33. The summed E-state index contributed by atoms with van der Waals surface area (Å²) < 4.78 is 69.7. The monoisotopic (exact) mass is 593 g/mol. The molecule has 2 N–H and O–H groups in total. The van der Waals surface area contributed by atoms with E-state index in [9.17, 15) is 31.1 Å². The predicted molar refractivity (Wildman–Crippen MR) is 124 cm³/mol. The van der Waals surface area contributed by atoms with E-state index in [0.29, 0.717) is 19.8 Å². The average molecular weight is 594 g/mol. The number of likely N-dealkylation sites (N-methyl/N-ethyl adjacent to an activating group) is 1. The number of aryl methyl sites for hydroxylation is 1. The summed E-state index contributed by atoms with van der Waals surface area (Å²) in [5.74, 6) is -5.47. The van der Waals surface area contributed by atoms with Crippen molar-refractivity contribution in [3.63, 3.8) is 0 Å². The van der Waals surface area contributed by atoms with Crippen LogP contribution in [-0.4, -0.2) is 113 Å². The van der Waals surface area contributed by atoms with Gasteiger partial charge in [-0.2, -0.15) is 26.3 Å². The highest BCUT2D eigenvalue weighted by molar-refractivity contribution is 7.10. The maximum atomic E-state index is 12.7. The fourth-order valence-electron chi connectivity index (χ4n) is 4.03. The number of hydrogen-bond acceptors (Lipinski definition) is 8. The predicted octanol–water partition coefficient (Wildman–Crippen LogP) is 2.76. The zero-order chi connectivity index (χ0) is 29.6. The van der Waals surface area contributed by atoms with Crippen molar-refractivity contribution in [3.05, 3.63) is 21.9 Å². The molecule has 17 heteroatoms. The summed E-state index contributed by atoms with van der Waals surface area (Å²) >= 11 is 1.83. The standard InChI is InChI=1S/C18H27N3O3S.2C2HF3O2/c1-14-5-8-25-16(14)9-20-12-18(13-20)11-19(2)15(10-23-18)17(22)21-6-3-4-7-24-21;2*3-2(4,5)1(6)7/h5,8,15H,3-4,6-7,9-13H2,1-2H3;2*(H,6,7). The Bertz CT molecular complexity index is 968. The van der Waals surface area contributed by atoms with Gasteiger partial charge in [0.2, 0.25) is 0 Å². The van der Waals surface area contributed by atoms with Gasteiger partial charge in [0.1, 0.15) is 11.6 Å². The van der Waals surface area contributed by atoms with Crippen molar-refractivity contribution in [2.45, 2.75) is 50.3 Å². The van der Waals surface area contributed by atoms with Gasteiger partial charge in [-0.05, 0) is 43.8 Å². The van der Waals surface area contributed by atoms with Gasteiger partial charge in [0, 0.05) is 37.6 Å². The summed E-state index contributed by atoms with van der Waals surface area (Å²) in [4.78, 5) is 42.0. The van der Waals surface area contributed by atoms with E-state index in [1.807, 2.05) is 18.4 Å². The van der Waals surface area contributed by atoms with Crippen LogP contribution in [0, 0.1) is 6.92 Å². The number of amides is 1. The van der Waals surface area contributed by atoms with Gasteiger partial charge in [0.15, 0.2) is 0 Å². The average Bonchev–Trinajstić information content (AvgIpc) is 3.22. The van der Waals surface area contributed by atoms with E-state index in [1.165, 1.54) is 10.4 Å². The molecule has 1 aromatic rings. The van der Waals surface area contributed by atoms with E-state index in [2.05, 4.69) is 28.2 Å². The van der Waals surface area contributed by atoms with Gasteiger partial charge >= 0.3 is 24.3 Å². The minimum absolute atomic E-state index is 0.0439. The third kappa shape index (κ3) is 9.59. The zero-order valence-corrected chi connectivity index (χ0v) is 21.9. The highest BCUT2D eigenvalue weighted by atomic mass is 32.1. The highest BCUT2D eigenvalue weighted by Gasteiger charge is 2.50. The number of aliphatic carboxylic acids is 2. The van der Waals surface area contributed by atoms with E-state index in [4.69, 9.17) is 29.4 Å². The molecule has 0 saturated carbocycles. The van der Waals surface area contributed by atoms with Crippen molar-refractivity contribution >= 4 is 29.2 Å². The molecule has 0 aromatic carbocycles. The van der Waals surface area contributed by atoms with Gasteiger partial charge in [0.05, 0.1) is 13.2 Å². The van der Waals surface area contributed by atoms with Gasteiger partial charge in [-0.3, -0.25) is 19.4 Å². The number of nitrogens with zero attached hydrogens (tertiary/aromatic N) is 3. The lowest BCUT2D eigenvalue weighted by Crippen LogP contribution is -2.72. The molecule has 10 nitrogen and oxygen atoms in total. The maximum Gasteiger partial charge on any atom is 0.490 e. The number of thiophene rings is 1. The van der Waals surface area contributed by atoms with Crippen LogP contribution in [0.25, 0.3) is 0 Å². The number of hydrogen-bond donors (Lipinski definition) is 2. The SMILES string of the molecule is Cc1ccsc1CN1CC2(C1)CN(C)C(C(=O)N1CCCCO1)CO2.O=C(O)C(F)(F)F.O=C(O)C(F)(F)F. The van der Waals surface area contributed by atoms with Gasteiger partial charge in [-0.15, -0.1) is 11.3 Å². The summed E-state index contributed by atoms with van der Waals surface area (Å²) in [5, 5.41) is 17.9. The Balaban J connectivity index is 0.000000317. The molecule has 4 heterocycles. The van der Waals surface area contributed by atoms with E-state index in [1.54, 1.807) is 5.06 Å². The zero-order valence-electron chi connectivity index (χ0n) is 21.0. The summed E-state index contributed by atoms with van der Waals surface area (Å²) in [7, 11) is 2.03. The topological polar surface area (TPSA) is 120 Å². The summed E-state index contributed by atoms with van der Waals surface area (Å²) in [6.45, 7) is 7.66. The second-order valence-electron chi connectivity index (χ2n) is 9.18. The third-order valence-corrected chi connectivity index (χ3v) is 7.00. The Morgan fingerprint density at radius 2 is 1.62 bits per heavy atom. The maximum absolute atomic E-state index is 12.7. The lowest BCUT2D eigenvalue weighted by Gasteiger charge is -2.55. The van der Waals surface area contributed by atoms with E-state index in [0.717, 1.165) is 39.0 Å². The van der Waals surface area contributed by atoms with Crippen LogP contribution in [0.5, 0.6) is 0 Å². The third-order valence-electron chi connectivity index (χ3n) is 5.99. The first kappa shape index (κ1) is 32.7. The molecule has 0 bridgehead atoms. The van der Waals surface area contributed by atoms with E-state index < -0.39 is 24.3 Å². The number of hydroxylamine groups is 2.